The summed E-state index contributed by atoms with van der Waals surface area (Å²) in [7, 11) is 0. The predicted molar refractivity (Wildman–Crippen MR) is 225 cm³/mol. The molecule has 2 fully saturated rings. The van der Waals surface area contributed by atoms with E-state index in [9.17, 15) is 14.0 Å². The van der Waals surface area contributed by atoms with Crippen LogP contribution in [0.25, 0.3) is 0 Å². The molecule has 8 nitrogen and oxygen atoms in total. The van der Waals surface area contributed by atoms with Crippen molar-refractivity contribution < 1.29 is 37.7 Å². The molecule has 2 aliphatic carbocycles. The third-order valence-corrected chi connectivity index (χ3v) is 11.7. The van der Waals surface area contributed by atoms with Crippen LogP contribution >= 0.6 is 15.9 Å². The lowest BCUT2D eigenvalue weighted by Crippen LogP contribution is -2.26. The van der Waals surface area contributed by atoms with Crippen LogP contribution in [0.2, 0.25) is 0 Å². The van der Waals surface area contributed by atoms with Gasteiger partial charge in [0.05, 0.1) is 17.7 Å². The maximum Gasteiger partial charge on any atom is 0.341 e. The van der Waals surface area contributed by atoms with Crippen molar-refractivity contribution in [1.82, 2.24) is 5.32 Å². The van der Waals surface area contributed by atoms with Crippen LogP contribution in [0, 0.1) is 29.5 Å². The Morgan fingerprint density at radius 3 is 1.67 bits per heavy atom. The number of hydrogen-bond donors (Lipinski definition) is 1. The molecule has 8 unspecified atom stereocenters. The first kappa shape index (κ1) is 41.1. The molecule has 1 amide bonds. The van der Waals surface area contributed by atoms with E-state index in [1.165, 1.54) is 34.4 Å². The number of carbonyl (C=O) groups is 2. The maximum absolute atomic E-state index is 14.4. The second kappa shape index (κ2) is 17.8. The van der Waals surface area contributed by atoms with Gasteiger partial charge in [-0.25, -0.2) is 9.18 Å². The number of carbonyl (C=O) groups excluding carboxylic acids is 2. The first-order valence-electron chi connectivity index (χ1n) is 20.1. The summed E-state index contributed by atoms with van der Waals surface area (Å²) in [6.45, 7) is 13.2. The van der Waals surface area contributed by atoms with E-state index in [1.807, 2.05) is 44.2 Å². The van der Waals surface area contributed by atoms with Gasteiger partial charge in [0.1, 0.15) is 5.82 Å². The minimum atomic E-state index is -0.677. The van der Waals surface area contributed by atoms with Gasteiger partial charge in [-0.1, -0.05) is 97.8 Å². The Morgan fingerprint density at radius 2 is 1.16 bits per heavy atom. The van der Waals surface area contributed by atoms with E-state index in [2.05, 4.69) is 97.5 Å². The molecule has 0 aromatic heterocycles. The van der Waals surface area contributed by atoms with Gasteiger partial charge in [-0.05, 0) is 96.5 Å². The van der Waals surface area contributed by atoms with Crippen molar-refractivity contribution in [1.29, 1.82) is 0 Å². The Bertz CT molecular complexity index is 2030. The molecular weight excluding hydrogens is 801 g/mol. The van der Waals surface area contributed by atoms with Crippen LogP contribution in [0.15, 0.2) is 113 Å². The quantitative estimate of drug-likeness (QED) is 0.112. The normalized spacial score (nSPS) is 24.1. The number of esters is 1. The van der Waals surface area contributed by atoms with Gasteiger partial charge in [0.15, 0.2) is 23.0 Å². The summed E-state index contributed by atoms with van der Waals surface area (Å²) in [6.07, 6.45) is 5.21. The molecule has 304 valence electrons. The number of rotatable bonds is 12. The first-order valence-corrected chi connectivity index (χ1v) is 20.9. The van der Waals surface area contributed by atoms with Crippen LogP contribution in [-0.4, -0.2) is 37.6 Å². The molecule has 58 heavy (non-hydrogen) atoms. The molecule has 0 saturated heterocycles. The van der Waals surface area contributed by atoms with E-state index in [0.717, 1.165) is 6.42 Å². The third-order valence-electron chi connectivity index (χ3n) is 11.0. The zero-order chi connectivity index (χ0) is 41.1. The third kappa shape index (κ3) is 9.28. The summed E-state index contributed by atoms with van der Waals surface area (Å²) in [5, 5.41) is 3.13. The Balaban J connectivity index is 0.000000177. The fraction of sp³-hybridized carbons (Fsp3) is 0.375. The number of amides is 1. The van der Waals surface area contributed by atoms with Gasteiger partial charge < -0.3 is 29.0 Å². The van der Waals surface area contributed by atoms with E-state index in [1.54, 1.807) is 6.07 Å². The molecular formula is C48H51BrFNO7. The number of benzene rings is 4. The number of nitrogens with one attached hydrogen (secondary N) is 1. The second-order valence-electron chi connectivity index (χ2n) is 15.9. The number of ether oxygens (including phenoxy) is 5. The highest BCUT2D eigenvalue weighted by Crippen LogP contribution is 2.56. The largest absolute Gasteiger partial charge is 0.462 e. The molecule has 0 bridgehead atoms. The molecule has 10 heteroatoms. The monoisotopic (exact) mass is 851 g/mol. The SMILES string of the molecule is CCC1Oc2cc(Br)c(C(=O)NCC3C(C=C(C)C)C3c3ccccc3)cc2O1.CCC1Oc2cc(F)c(C(=O)OCC3C(C=C(C)C)C3c3ccccc3)cc2O1. The number of halogens is 2. The summed E-state index contributed by atoms with van der Waals surface area (Å²) in [5.74, 6) is 2.72. The van der Waals surface area contributed by atoms with Gasteiger partial charge in [0.2, 0.25) is 12.6 Å². The van der Waals surface area contributed by atoms with Crippen LogP contribution in [-0.2, 0) is 4.74 Å². The standard InChI is InChI=1S/C24H26BrNO3.C24H25FO4/c1-4-22-28-20-11-17(19(25)12-21(20)29-22)24(27)26-13-18-16(10-14(2)3)23(18)15-8-6-5-7-9-15;1-4-22-28-20-11-17(19(25)12-21(20)29-22)24(26)27-13-18-16(10-14(2)3)23(18)15-8-6-5-7-9-15/h5-12,16,18,22-23H,4,13H2,1-3H3,(H,26,27);5-12,16,18,22-23H,4,13H2,1-3H3. The van der Waals surface area contributed by atoms with E-state index < -0.39 is 18.1 Å². The molecule has 2 heterocycles. The van der Waals surface area contributed by atoms with Gasteiger partial charge in [0.25, 0.3) is 5.91 Å². The van der Waals surface area contributed by atoms with Crippen molar-refractivity contribution >= 4 is 27.8 Å². The molecule has 0 spiro atoms. The first-order chi connectivity index (χ1) is 27.9. The molecule has 2 aliphatic heterocycles. The van der Waals surface area contributed by atoms with Gasteiger partial charge in [0, 0.05) is 41.9 Å². The fourth-order valence-electron chi connectivity index (χ4n) is 8.06. The minimum absolute atomic E-state index is 0.0992. The lowest BCUT2D eigenvalue weighted by atomic mass is 10.1. The summed E-state index contributed by atoms with van der Waals surface area (Å²) < 4.78 is 43.1. The molecule has 4 aromatic carbocycles. The van der Waals surface area contributed by atoms with Crippen molar-refractivity contribution in [2.75, 3.05) is 13.2 Å². The summed E-state index contributed by atoms with van der Waals surface area (Å²) in [4.78, 5) is 25.4. The van der Waals surface area contributed by atoms with Crippen molar-refractivity contribution in [3.8, 4) is 23.0 Å². The van der Waals surface area contributed by atoms with Crippen molar-refractivity contribution in [3.63, 3.8) is 0 Å². The van der Waals surface area contributed by atoms with Crippen LogP contribution in [0.3, 0.4) is 0 Å². The number of allylic oxidation sites excluding steroid dienone is 4. The second-order valence-corrected chi connectivity index (χ2v) is 16.7. The summed E-state index contributed by atoms with van der Waals surface area (Å²) in [5.41, 5.74) is 5.56. The number of fused-ring (bicyclic) bond motifs is 2. The molecule has 0 radical (unpaired) electrons. The average molecular weight is 853 g/mol. The predicted octanol–water partition coefficient (Wildman–Crippen LogP) is 11.2. The Hall–Kier alpha value is -5.09. The van der Waals surface area contributed by atoms with Crippen molar-refractivity contribution in [2.45, 2.75) is 78.8 Å². The highest BCUT2D eigenvalue weighted by molar-refractivity contribution is 9.10. The zero-order valence-electron chi connectivity index (χ0n) is 33.8. The Kier molecular flexibility index (Phi) is 12.6. The molecule has 1 N–H and O–H groups in total. The van der Waals surface area contributed by atoms with Crippen LogP contribution in [0.4, 0.5) is 4.39 Å². The van der Waals surface area contributed by atoms with Crippen LogP contribution < -0.4 is 24.3 Å². The molecule has 4 aromatic rings. The maximum atomic E-state index is 14.4. The molecule has 4 aliphatic rings. The zero-order valence-corrected chi connectivity index (χ0v) is 35.4. The number of hydrogen-bond acceptors (Lipinski definition) is 7. The lowest BCUT2D eigenvalue weighted by molar-refractivity contribution is 0.0452. The fourth-order valence-corrected chi connectivity index (χ4v) is 8.57. The van der Waals surface area contributed by atoms with Gasteiger partial charge in [-0.15, -0.1) is 0 Å². The highest BCUT2D eigenvalue weighted by Gasteiger charge is 2.50. The topological polar surface area (TPSA) is 92.3 Å². The minimum Gasteiger partial charge on any atom is -0.462 e. The Labute approximate surface area is 348 Å². The summed E-state index contributed by atoms with van der Waals surface area (Å²) in [6, 6.07) is 26.9. The average Bonchev–Trinajstić information content (AvgIpc) is 3.94. The van der Waals surface area contributed by atoms with Crippen LogP contribution in [0.5, 0.6) is 23.0 Å². The molecule has 2 saturated carbocycles. The van der Waals surface area contributed by atoms with E-state index in [-0.39, 0.29) is 30.3 Å². The summed E-state index contributed by atoms with van der Waals surface area (Å²) >= 11 is 3.50. The van der Waals surface area contributed by atoms with E-state index >= 15 is 0 Å². The van der Waals surface area contributed by atoms with Gasteiger partial charge in [-0.2, -0.15) is 0 Å². The van der Waals surface area contributed by atoms with E-state index in [0.29, 0.717) is 75.6 Å². The molecule has 8 rings (SSSR count). The van der Waals surface area contributed by atoms with Crippen LogP contribution in [0.1, 0.15) is 98.1 Å². The smallest absolute Gasteiger partial charge is 0.341 e. The van der Waals surface area contributed by atoms with Crippen molar-refractivity contribution in [2.24, 2.45) is 23.7 Å². The van der Waals surface area contributed by atoms with Gasteiger partial charge >= 0.3 is 5.97 Å². The van der Waals surface area contributed by atoms with Gasteiger partial charge in [-0.3, -0.25) is 4.79 Å². The molecule has 8 atom stereocenters. The lowest BCUT2D eigenvalue weighted by Gasteiger charge is -2.08. The highest BCUT2D eigenvalue weighted by atomic mass is 79.9. The Morgan fingerprint density at radius 1 is 0.690 bits per heavy atom. The van der Waals surface area contributed by atoms with Crippen molar-refractivity contribution in [3.05, 3.63) is 141 Å². The van der Waals surface area contributed by atoms with E-state index in [4.69, 9.17) is 23.7 Å².